The standard InChI is InChI=1S/C27H38ClN9O3/c1-3-36-20-8-7-19(40-13-5-6-18(38)16-35-11-9-17(29)10-12-35)14-21(20)37(4-2)22(36)15-32-27(39)23-25(30)34-26(31)24(28)33-23/h7-8,14,17H,3-6,9-13,15-16,29H2,1-2H3,(H4-,30,31,32,34,39)/p+1. The third kappa shape index (κ3) is 6.80. The van der Waals surface area contributed by atoms with E-state index in [1.54, 1.807) is 0 Å². The molecule has 0 bridgehead atoms. The molecule has 0 unspecified atom stereocenters. The molecule has 3 heterocycles. The lowest BCUT2D eigenvalue weighted by atomic mass is 10.1. The van der Waals surface area contributed by atoms with Crippen molar-refractivity contribution in [1.82, 2.24) is 24.8 Å². The van der Waals surface area contributed by atoms with Crippen molar-refractivity contribution in [2.24, 2.45) is 5.73 Å². The van der Waals surface area contributed by atoms with Crippen molar-refractivity contribution >= 4 is 46.0 Å². The summed E-state index contributed by atoms with van der Waals surface area (Å²) in [4.78, 5) is 35.3. The number of Topliss-reactive ketones (excluding diaryl/α,β-unsaturated/α-hetero) is 1. The highest BCUT2D eigenvalue weighted by Crippen LogP contribution is 2.22. The van der Waals surface area contributed by atoms with Crippen LogP contribution < -0.4 is 31.8 Å². The van der Waals surface area contributed by atoms with Crippen molar-refractivity contribution in [1.29, 1.82) is 0 Å². The van der Waals surface area contributed by atoms with E-state index in [2.05, 4.69) is 29.3 Å². The van der Waals surface area contributed by atoms with Crippen LogP contribution in [0.2, 0.25) is 5.15 Å². The Morgan fingerprint density at radius 1 is 1.18 bits per heavy atom. The Hall–Kier alpha value is -3.48. The number of nitrogens with one attached hydrogen (secondary N) is 1. The Labute approximate surface area is 238 Å². The van der Waals surface area contributed by atoms with Gasteiger partial charge < -0.3 is 27.3 Å². The molecule has 0 aliphatic carbocycles. The van der Waals surface area contributed by atoms with Gasteiger partial charge in [-0.3, -0.25) is 14.5 Å². The average Bonchev–Trinajstić information content (AvgIpc) is 3.24. The predicted octanol–water partition coefficient (Wildman–Crippen LogP) is 1.66. The number of ether oxygens (including phenoxy) is 1. The van der Waals surface area contributed by atoms with Gasteiger partial charge in [0.15, 0.2) is 33.5 Å². The van der Waals surface area contributed by atoms with Gasteiger partial charge in [0.25, 0.3) is 11.7 Å². The zero-order valence-electron chi connectivity index (χ0n) is 23.2. The molecule has 1 aliphatic heterocycles. The topological polar surface area (TPSA) is 171 Å². The summed E-state index contributed by atoms with van der Waals surface area (Å²) >= 11 is 5.94. The largest absolute Gasteiger partial charge is 0.493 e. The van der Waals surface area contributed by atoms with E-state index in [0.717, 1.165) is 48.5 Å². The summed E-state index contributed by atoms with van der Waals surface area (Å²) in [6.07, 6.45) is 3.05. The summed E-state index contributed by atoms with van der Waals surface area (Å²) < 4.78 is 10.3. The number of benzene rings is 1. The maximum absolute atomic E-state index is 12.8. The normalized spacial score (nSPS) is 14.5. The lowest BCUT2D eigenvalue weighted by Crippen LogP contribution is -2.41. The van der Waals surface area contributed by atoms with Crippen LogP contribution in [0.25, 0.3) is 11.0 Å². The van der Waals surface area contributed by atoms with Crippen molar-refractivity contribution in [2.45, 2.75) is 65.2 Å². The first-order valence-electron chi connectivity index (χ1n) is 13.8. The zero-order chi connectivity index (χ0) is 28.8. The minimum Gasteiger partial charge on any atom is -0.493 e. The van der Waals surface area contributed by atoms with Gasteiger partial charge in [-0.1, -0.05) is 11.6 Å². The molecule has 13 heteroatoms. The second-order valence-corrected chi connectivity index (χ2v) is 10.3. The first-order valence-corrected chi connectivity index (χ1v) is 14.1. The number of nitrogen functional groups attached to an aromatic ring is 2. The van der Waals surface area contributed by atoms with Gasteiger partial charge in [-0.25, -0.2) is 19.1 Å². The van der Waals surface area contributed by atoms with E-state index in [9.17, 15) is 9.59 Å². The van der Waals surface area contributed by atoms with Crippen LogP contribution in [-0.2, 0) is 24.4 Å². The number of carbonyl (C=O) groups excluding carboxylic acids is 2. The van der Waals surface area contributed by atoms with Crippen LogP contribution in [0, 0.1) is 0 Å². The number of piperidine rings is 1. The molecule has 3 aromatic rings. The zero-order valence-corrected chi connectivity index (χ0v) is 23.9. The van der Waals surface area contributed by atoms with Gasteiger partial charge in [-0.2, -0.15) is 0 Å². The molecule has 1 aliphatic rings. The van der Waals surface area contributed by atoms with Crippen LogP contribution in [0.4, 0.5) is 11.6 Å². The Morgan fingerprint density at radius 2 is 1.93 bits per heavy atom. The van der Waals surface area contributed by atoms with Gasteiger partial charge >= 0.3 is 0 Å². The van der Waals surface area contributed by atoms with Gasteiger partial charge in [0.2, 0.25) is 0 Å². The van der Waals surface area contributed by atoms with Gasteiger partial charge in [0.05, 0.1) is 26.2 Å². The predicted molar refractivity (Wildman–Crippen MR) is 154 cm³/mol. The van der Waals surface area contributed by atoms with E-state index in [0.29, 0.717) is 39.1 Å². The van der Waals surface area contributed by atoms with Crippen molar-refractivity contribution in [2.75, 3.05) is 37.7 Å². The molecule has 216 valence electrons. The van der Waals surface area contributed by atoms with Crippen molar-refractivity contribution < 1.29 is 18.9 Å². The number of nitrogens with zero attached hydrogens (tertiary/aromatic N) is 5. The minimum absolute atomic E-state index is 0.0293. The number of hydrogen-bond acceptors (Lipinski definition) is 9. The second-order valence-electron chi connectivity index (χ2n) is 9.98. The number of carbonyl (C=O) groups is 2. The molecule has 0 spiro atoms. The van der Waals surface area contributed by atoms with Crippen molar-refractivity contribution in [3.05, 3.63) is 34.9 Å². The molecule has 0 saturated carbocycles. The summed E-state index contributed by atoms with van der Waals surface area (Å²) in [7, 11) is 0. The van der Waals surface area contributed by atoms with Crippen LogP contribution in [-0.4, -0.2) is 63.4 Å². The highest BCUT2D eigenvalue weighted by molar-refractivity contribution is 6.31. The molecule has 0 radical (unpaired) electrons. The highest BCUT2D eigenvalue weighted by atomic mass is 35.5. The lowest BCUT2D eigenvalue weighted by molar-refractivity contribution is -0.676. The molecule has 2 aromatic heterocycles. The fourth-order valence-electron chi connectivity index (χ4n) is 5.11. The molecular weight excluding hydrogens is 534 g/mol. The maximum atomic E-state index is 12.8. The molecule has 4 rings (SSSR count). The van der Waals surface area contributed by atoms with Crippen LogP contribution in [0.15, 0.2) is 18.2 Å². The number of fused-ring (bicyclic) bond motifs is 1. The van der Waals surface area contributed by atoms with Gasteiger partial charge in [0.1, 0.15) is 18.1 Å². The number of anilines is 2. The second kappa shape index (κ2) is 13.2. The third-order valence-electron chi connectivity index (χ3n) is 7.21. The van der Waals surface area contributed by atoms with Crippen LogP contribution in [0.3, 0.4) is 0 Å². The summed E-state index contributed by atoms with van der Waals surface area (Å²) in [5.74, 6) is 1.26. The molecule has 12 nitrogen and oxygen atoms in total. The minimum atomic E-state index is -0.495. The molecule has 0 atom stereocenters. The number of rotatable bonds is 12. The molecule has 7 N–H and O–H groups in total. The molecular formula is C27H39ClN9O3+. The first-order chi connectivity index (χ1) is 19.2. The van der Waals surface area contributed by atoms with Crippen LogP contribution >= 0.6 is 11.6 Å². The van der Waals surface area contributed by atoms with Crippen LogP contribution in [0.5, 0.6) is 5.75 Å². The number of imidazole rings is 1. The monoisotopic (exact) mass is 572 g/mol. The smallest absolute Gasteiger partial charge is 0.277 e. The highest BCUT2D eigenvalue weighted by Gasteiger charge is 2.25. The number of ketones is 1. The van der Waals surface area contributed by atoms with E-state index in [1.165, 1.54) is 0 Å². The van der Waals surface area contributed by atoms with Gasteiger partial charge in [-0.05, 0) is 45.2 Å². The summed E-state index contributed by atoms with van der Waals surface area (Å²) in [5, 5.41) is 2.80. The average molecular weight is 573 g/mol. The van der Waals surface area contributed by atoms with E-state index < -0.39 is 5.91 Å². The number of likely N-dealkylation sites (tertiary alicyclic amines) is 1. The molecule has 1 saturated heterocycles. The molecule has 1 amide bonds. The summed E-state index contributed by atoms with van der Waals surface area (Å²) in [6, 6.07) is 6.21. The Bertz CT molecular complexity index is 1370. The van der Waals surface area contributed by atoms with E-state index in [4.69, 9.17) is 33.5 Å². The Morgan fingerprint density at radius 3 is 2.62 bits per heavy atom. The first kappa shape index (κ1) is 29.5. The van der Waals surface area contributed by atoms with Crippen molar-refractivity contribution in [3.8, 4) is 5.75 Å². The number of amides is 1. The van der Waals surface area contributed by atoms with Gasteiger partial charge in [0, 0.05) is 31.6 Å². The van der Waals surface area contributed by atoms with Crippen molar-refractivity contribution in [3.63, 3.8) is 0 Å². The summed E-state index contributed by atoms with van der Waals surface area (Å²) in [6.45, 7) is 8.45. The molecule has 1 fully saturated rings. The fourth-order valence-corrected chi connectivity index (χ4v) is 5.24. The number of halogens is 1. The lowest BCUT2D eigenvalue weighted by Gasteiger charge is -2.29. The van der Waals surface area contributed by atoms with E-state index >= 15 is 0 Å². The third-order valence-corrected chi connectivity index (χ3v) is 7.49. The number of aryl methyl sites for hydroxylation is 2. The number of hydrogen-bond donors (Lipinski definition) is 4. The van der Waals surface area contributed by atoms with Gasteiger partial charge in [-0.15, -0.1) is 0 Å². The number of nitrogens with two attached hydrogens (primary N) is 3. The van der Waals surface area contributed by atoms with Crippen LogP contribution in [0.1, 0.15) is 55.8 Å². The number of aromatic nitrogens is 4. The summed E-state index contributed by atoms with van der Waals surface area (Å²) in [5.41, 5.74) is 19.3. The van der Waals surface area contributed by atoms with E-state index in [-0.39, 0.29) is 40.9 Å². The SMILES string of the molecule is CCn1c(CNC(=O)c2nc(Cl)c(N)nc2N)[n+](CC)c2ccc(OCCCC(=O)CN3CCC(N)CC3)cc21. The Kier molecular flexibility index (Phi) is 9.77. The molecule has 40 heavy (non-hydrogen) atoms. The fraction of sp³-hybridized carbons (Fsp3) is 0.519. The Balaban J connectivity index is 1.39. The van der Waals surface area contributed by atoms with E-state index in [1.807, 2.05) is 32.0 Å². The molecule has 1 aromatic carbocycles. The quantitative estimate of drug-likeness (QED) is 0.186. The maximum Gasteiger partial charge on any atom is 0.277 e.